The number of methoxy groups -OCH3 is 1. The standard InChI is InChI=1S/C16H22O4/c1-5-8-20-15(17)12(3)10-13-6-7-14(9-11(13)2)16(18)19-4/h7,9-10,13H,5-6,8H2,1-4H3/b12-10+. The Balaban J connectivity index is 2.72. The van der Waals surface area contributed by atoms with Gasteiger partial charge in [0.2, 0.25) is 0 Å². The van der Waals surface area contributed by atoms with Crippen LogP contribution in [0, 0.1) is 5.92 Å². The van der Waals surface area contributed by atoms with Gasteiger partial charge in [-0.3, -0.25) is 0 Å². The molecule has 0 amide bonds. The SMILES string of the molecule is CCCOC(=O)/C(C)=C/C1CC=C(C(=O)OC)C=C1C. The van der Waals surface area contributed by atoms with Crippen molar-refractivity contribution < 1.29 is 19.1 Å². The van der Waals surface area contributed by atoms with Gasteiger partial charge in [-0.25, -0.2) is 9.59 Å². The largest absolute Gasteiger partial charge is 0.465 e. The molecule has 0 fully saturated rings. The van der Waals surface area contributed by atoms with Gasteiger partial charge in [-0.05, 0) is 32.8 Å². The van der Waals surface area contributed by atoms with E-state index in [0.717, 1.165) is 12.0 Å². The molecule has 1 aliphatic carbocycles. The second-order valence-electron chi connectivity index (χ2n) is 4.87. The van der Waals surface area contributed by atoms with Crippen LogP contribution < -0.4 is 0 Å². The van der Waals surface area contributed by atoms with Crippen LogP contribution in [0.5, 0.6) is 0 Å². The van der Waals surface area contributed by atoms with Crippen molar-refractivity contribution in [1.82, 2.24) is 0 Å². The lowest BCUT2D eigenvalue weighted by molar-refractivity contribution is -0.139. The highest BCUT2D eigenvalue weighted by atomic mass is 16.5. The number of ether oxygens (including phenoxy) is 2. The summed E-state index contributed by atoms with van der Waals surface area (Å²) >= 11 is 0. The van der Waals surface area contributed by atoms with Gasteiger partial charge in [0.1, 0.15) is 0 Å². The van der Waals surface area contributed by atoms with Crippen molar-refractivity contribution in [1.29, 1.82) is 0 Å². The number of allylic oxidation sites excluding steroid dienone is 3. The van der Waals surface area contributed by atoms with Crippen molar-refractivity contribution in [3.05, 3.63) is 34.9 Å². The van der Waals surface area contributed by atoms with Crippen molar-refractivity contribution in [2.45, 2.75) is 33.6 Å². The lowest BCUT2D eigenvalue weighted by Crippen LogP contribution is -2.12. The summed E-state index contributed by atoms with van der Waals surface area (Å²) in [6.07, 6.45) is 7.04. The van der Waals surface area contributed by atoms with Crippen LogP contribution in [0.2, 0.25) is 0 Å². The monoisotopic (exact) mass is 278 g/mol. The van der Waals surface area contributed by atoms with Crippen molar-refractivity contribution >= 4 is 11.9 Å². The fraction of sp³-hybridized carbons (Fsp3) is 0.500. The molecule has 110 valence electrons. The molecule has 1 atom stereocenters. The summed E-state index contributed by atoms with van der Waals surface area (Å²) in [5.74, 6) is -0.481. The molecule has 0 bridgehead atoms. The number of carbonyl (C=O) groups is 2. The predicted molar refractivity (Wildman–Crippen MR) is 77.0 cm³/mol. The molecule has 1 aliphatic rings. The highest BCUT2D eigenvalue weighted by molar-refractivity contribution is 5.92. The van der Waals surface area contributed by atoms with Crippen LogP contribution in [0.1, 0.15) is 33.6 Å². The lowest BCUT2D eigenvalue weighted by Gasteiger charge is -2.18. The van der Waals surface area contributed by atoms with Crippen LogP contribution in [-0.4, -0.2) is 25.7 Å². The third-order valence-electron chi connectivity index (χ3n) is 3.19. The molecule has 0 aromatic rings. The molecule has 0 aromatic carbocycles. The van der Waals surface area contributed by atoms with Crippen LogP contribution in [0.25, 0.3) is 0 Å². The van der Waals surface area contributed by atoms with Crippen molar-refractivity contribution in [2.75, 3.05) is 13.7 Å². The van der Waals surface area contributed by atoms with Gasteiger partial charge in [0.15, 0.2) is 0 Å². The second-order valence-corrected chi connectivity index (χ2v) is 4.87. The van der Waals surface area contributed by atoms with Gasteiger partial charge < -0.3 is 9.47 Å². The average molecular weight is 278 g/mol. The van der Waals surface area contributed by atoms with Crippen molar-refractivity contribution in [3.63, 3.8) is 0 Å². The fourth-order valence-electron chi connectivity index (χ4n) is 1.99. The van der Waals surface area contributed by atoms with Crippen LogP contribution in [0.4, 0.5) is 0 Å². The number of rotatable bonds is 5. The van der Waals surface area contributed by atoms with Gasteiger partial charge >= 0.3 is 11.9 Å². The molecule has 20 heavy (non-hydrogen) atoms. The number of carbonyl (C=O) groups excluding carboxylic acids is 2. The second kappa shape index (κ2) is 7.68. The maximum atomic E-state index is 11.7. The molecule has 4 nitrogen and oxygen atoms in total. The molecule has 0 aliphatic heterocycles. The summed E-state index contributed by atoms with van der Waals surface area (Å²) in [4.78, 5) is 23.1. The molecule has 0 aromatic heterocycles. The maximum Gasteiger partial charge on any atom is 0.337 e. The first-order chi connectivity index (χ1) is 9.49. The molecule has 0 heterocycles. The Labute approximate surface area is 120 Å². The number of hydrogen-bond acceptors (Lipinski definition) is 4. The van der Waals surface area contributed by atoms with E-state index in [1.807, 2.05) is 26.0 Å². The molecule has 1 unspecified atom stereocenters. The van der Waals surface area contributed by atoms with Crippen LogP contribution in [0.3, 0.4) is 0 Å². The first-order valence-electron chi connectivity index (χ1n) is 6.81. The van der Waals surface area contributed by atoms with E-state index < -0.39 is 0 Å². The van der Waals surface area contributed by atoms with Crippen LogP contribution >= 0.6 is 0 Å². The van der Waals surface area contributed by atoms with Gasteiger partial charge in [0, 0.05) is 11.5 Å². The summed E-state index contributed by atoms with van der Waals surface area (Å²) in [5, 5.41) is 0. The summed E-state index contributed by atoms with van der Waals surface area (Å²) in [6.45, 7) is 6.10. The van der Waals surface area contributed by atoms with E-state index in [-0.39, 0.29) is 17.9 Å². The van der Waals surface area contributed by atoms with E-state index in [4.69, 9.17) is 9.47 Å². The summed E-state index contributed by atoms with van der Waals surface area (Å²) in [5.41, 5.74) is 2.21. The Morgan fingerprint density at radius 2 is 2.15 bits per heavy atom. The highest BCUT2D eigenvalue weighted by Crippen LogP contribution is 2.26. The molecule has 0 saturated heterocycles. The minimum absolute atomic E-state index is 0.123. The molecule has 4 heteroatoms. The molecule has 0 saturated carbocycles. The van der Waals surface area contributed by atoms with Gasteiger partial charge in [-0.1, -0.05) is 24.6 Å². The summed E-state index contributed by atoms with van der Waals surface area (Å²) < 4.78 is 9.79. The van der Waals surface area contributed by atoms with Crippen LogP contribution in [-0.2, 0) is 19.1 Å². The molecule has 0 spiro atoms. The number of esters is 2. The zero-order valence-corrected chi connectivity index (χ0v) is 12.6. The Morgan fingerprint density at radius 1 is 1.45 bits per heavy atom. The molecule has 0 N–H and O–H groups in total. The minimum atomic E-state index is -0.328. The quantitative estimate of drug-likeness (QED) is 0.573. The van der Waals surface area contributed by atoms with Crippen LogP contribution in [0.15, 0.2) is 34.9 Å². The fourth-order valence-corrected chi connectivity index (χ4v) is 1.99. The number of hydrogen-bond donors (Lipinski definition) is 0. The Hall–Kier alpha value is -1.84. The summed E-state index contributed by atoms with van der Waals surface area (Å²) in [7, 11) is 1.37. The van der Waals surface area contributed by atoms with Crippen molar-refractivity contribution in [3.8, 4) is 0 Å². The molecular formula is C16H22O4. The smallest absolute Gasteiger partial charge is 0.337 e. The maximum absolute atomic E-state index is 11.7. The van der Waals surface area contributed by atoms with Gasteiger partial charge in [-0.2, -0.15) is 0 Å². The van der Waals surface area contributed by atoms with Gasteiger partial charge in [-0.15, -0.1) is 0 Å². The van der Waals surface area contributed by atoms with Gasteiger partial charge in [0.25, 0.3) is 0 Å². The van der Waals surface area contributed by atoms with Crippen molar-refractivity contribution in [2.24, 2.45) is 5.92 Å². The Kier molecular flexibility index (Phi) is 6.22. The highest BCUT2D eigenvalue weighted by Gasteiger charge is 2.18. The van der Waals surface area contributed by atoms with E-state index in [1.165, 1.54) is 7.11 Å². The lowest BCUT2D eigenvalue weighted by atomic mass is 9.88. The third kappa shape index (κ3) is 4.37. The Bertz CT molecular complexity index is 469. The third-order valence-corrected chi connectivity index (χ3v) is 3.19. The molecular weight excluding hydrogens is 256 g/mol. The molecule has 1 rings (SSSR count). The minimum Gasteiger partial charge on any atom is -0.465 e. The first-order valence-corrected chi connectivity index (χ1v) is 6.81. The summed E-state index contributed by atoms with van der Waals surface area (Å²) in [6, 6.07) is 0. The van der Waals surface area contributed by atoms with E-state index in [0.29, 0.717) is 24.2 Å². The predicted octanol–water partition coefficient (Wildman–Crippen LogP) is 2.95. The first kappa shape index (κ1) is 16.2. The zero-order chi connectivity index (χ0) is 15.1. The van der Waals surface area contributed by atoms with E-state index in [1.54, 1.807) is 13.0 Å². The molecule has 0 radical (unpaired) electrons. The van der Waals surface area contributed by atoms with E-state index in [9.17, 15) is 9.59 Å². The van der Waals surface area contributed by atoms with E-state index >= 15 is 0 Å². The Morgan fingerprint density at radius 3 is 2.70 bits per heavy atom. The topological polar surface area (TPSA) is 52.6 Å². The zero-order valence-electron chi connectivity index (χ0n) is 12.6. The van der Waals surface area contributed by atoms with E-state index in [2.05, 4.69) is 0 Å². The normalized spacial score (nSPS) is 19.0. The average Bonchev–Trinajstić information content (AvgIpc) is 2.45. The van der Waals surface area contributed by atoms with Gasteiger partial charge in [0.05, 0.1) is 19.3 Å².